The van der Waals surface area contributed by atoms with E-state index in [-0.39, 0.29) is 5.54 Å². The Kier molecular flexibility index (Phi) is 5.40. The standard InChI is InChI=1S/C16H28N2S/c1-16(2,17)15-18-13-11-9-7-5-3-4-6-8-10-12-14(13)19-15/h3-12,17H2,1-2H3. The maximum absolute atomic E-state index is 6.21. The Morgan fingerprint density at radius 3 is 2.00 bits per heavy atom. The van der Waals surface area contributed by atoms with Crippen LogP contribution in [-0.2, 0) is 18.4 Å². The lowest BCUT2D eigenvalue weighted by atomic mass is 10.0. The molecule has 108 valence electrons. The third-order valence-electron chi connectivity index (χ3n) is 3.90. The Morgan fingerprint density at radius 2 is 1.42 bits per heavy atom. The largest absolute Gasteiger partial charge is 0.320 e. The van der Waals surface area contributed by atoms with Crippen molar-refractivity contribution in [3.05, 3.63) is 15.6 Å². The van der Waals surface area contributed by atoms with Crippen molar-refractivity contribution in [2.45, 2.75) is 83.6 Å². The maximum Gasteiger partial charge on any atom is 0.112 e. The van der Waals surface area contributed by atoms with Crippen molar-refractivity contribution in [3.8, 4) is 0 Å². The molecule has 3 heteroatoms. The summed E-state index contributed by atoms with van der Waals surface area (Å²) in [6.45, 7) is 4.13. The molecule has 1 aromatic heterocycles. The quantitative estimate of drug-likeness (QED) is 0.819. The van der Waals surface area contributed by atoms with E-state index in [2.05, 4.69) is 13.8 Å². The summed E-state index contributed by atoms with van der Waals surface area (Å²) in [4.78, 5) is 6.35. The topological polar surface area (TPSA) is 38.9 Å². The zero-order chi connectivity index (χ0) is 13.7. The van der Waals surface area contributed by atoms with Crippen LogP contribution < -0.4 is 5.73 Å². The number of nitrogens with zero attached hydrogens (tertiary/aromatic N) is 1. The van der Waals surface area contributed by atoms with Crippen molar-refractivity contribution in [2.75, 3.05) is 0 Å². The second kappa shape index (κ2) is 6.85. The molecule has 1 aromatic rings. The van der Waals surface area contributed by atoms with Gasteiger partial charge in [-0.2, -0.15) is 0 Å². The number of thiazole rings is 1. The van der Waals surface area contributed by atoms with Crippen LogP contribution >= 0.6 is 11.3 Å². The number of rotatable bonds is 1. The molecule has 0 saturated heterocycles. The minimum Gasteiger partial charge on any atom is -0.320 e. The molecule has 0 radical (unpaired) electrons. The van der Waals surface area contributed by atoms with E-state index >= 15 is 0 Å². The van der Waals surface area contributed by atoms with Crippen LogP contribution in [0.3, 0.4) is 0 Å². The minimum absolute atomic E-state index is 0.286. The highest BCUT2D eigenvalue weighted by Gasteiger charge is 2.21. The Balaban J connectivity index is 2.11. The zero-order valence-electron chi connectivity index (χ0n) is 12.5. The molecule has 0 unspecified atom stereocenters. The van der Waals surface area contributed by atoms with E-state index < -0.39 is 0 Å². The van der Waals surface area contributed by atoms with Crippen molar-refractivity contribution in [2.24, 2.45) is 5.73 Å². The van der Waals surface area contributed by atoms with Crippen molar-refractivity contribution in [1.82, 2.24) is 4.98 Å². The molecule has 0 aliphatic heterocycles. The molecule has 0 saturated carbocycles. The predicted octanol–water partition coefficient (Wildman–Crippen LogP) is 4.56. The summed E-state index contributed by atoms with van der Waals surface area (Å²) >= 11 is 1.86. The number of hydrogen-bond acceptors (Lipinski definition) is 3. The molecule has 1 aliphatic carbocycles. The van der Waals surface area contributed by atoms with Gasteiger partial charge in [0.25, 0.3) is 0 Å². The first-order valence-electron chi connectivity index (χ1n) is 7.85. The third kappa shape index (κ3) is 4.57. The highest BCUT2D eigenvalue weighted by atomic mass is 32.1. The maximum atomic E-state index is 6.21. The Bertz CT molecular complexity index is 360. The van der Waals surface area contributed by atoms with Crippen molar-refractivity contribution < 1.29 is 0 Å². The molecule has 0 bridgehead atoms. The van der Waals surface area contributed by atoms with Crippen LogP contribution in [0.2, 0.25) is 0 Å². The average Bonchev–Trinajstić information content (AvgIpc) is 2.72. The van der Waals surface area contributed by atoms with Gasteiger partial charge in [-0.3, -0.25) is 0 Å². The molecule has 2 nitrogen and oxygen atoms in total. The first-order valence-corrected chi connectivity index (χ1v) is 8.67. The smallest absolute Gasteiger partial charge is 0.112 e. The lowest BCUT2D eigenvalue weighted by Gasteiger charge is -2.13. The minimum atomic E-state index is -0.286. The van der Waals surface area contributed by atoms with Gasteiger partial charge in [-0.15, -0.1) is 11.3 Å². The molecule has 0 amide bonds. The summed E-state index contributed by atoms with van der Waals surface area (Å²) in [5.74, 6) is 0. The van der Waals surface area contributed by atoms with Crippen LogP contribution in [-0.4, -0.2) is 4.98 Å². The molecular formula is C16H28N2S. The fourth-order valence-corrected chi connectivity index (χ4v) is 3.85. The van der Waals surface area contributed by atoms with Gasteiger partial charge < -0.3 is 5.73 Å². The monoisotopic (exact) mass is 280 g/mol. The second-order valence-electron chi connectivity index (χ2n) is 6.44. The molecule has 0 aromatic carbocycles. The van der Waals surface area contributed by atoms with Crippen LogP contribution in [0.5, 0.6) is 0 Å². The second-order valence-corrected chi connectivity index (χ2v) is 7.52. The van der Waals surface area contributed by atoms with Gasteiger partial charge in [0.15, 0.2) is 0 Å². The summed E-state index contributed by atoms with van der Waals surface area (Å²) < 4.78 is 0. The summed E-state index contributed by atoms with van der Waals surface area (Å²) in [5.41, 5.74) is 7.27. The van der Waals surface area contributed by atoms with E-state index in [4.69, 9.17) is 10.7 Å². The summed E-state index contributed by atoms with van der Waals surface area (Å²) in [5, 5.41) is 1.12. The third-order valence-corrected chi connectivity index (χ3v) is 5.39. The fourth-order valence-electron chi connectivity index (χ4n) is 2.69. The SMILES string of the molecule is CC(C)(N)c1nc2c(s1)CCCCCCCCCC2. The van der Waals surface area contributed by atoms with Crippen LogP contribution in [0.15, 0.2) is 0 Å². The zero-order valence-corrected chi connectivity index (χ0v) is 13.3. The number of fused-ring (bicyclic) bond motifs is 1. The molecule has 19 heavy (non-hydrogen) atoms. The number of hydrogen-bond donors (Lipinski definition) is 1. The summed E-state index contributed by atoms with van der Waals surface area (Å²) in [6.07, 6.45) is 13.4. The van der Waals surface area contributed by atoms with Crippen LogP contribution in [0.1, 0.15) is 80.8 Å². The molecule has 0 fully saturated rings. The molecule has 1 aliphatic rings. The Morgan fingerprint density at radius 1 is 0.895 bits per heavy atom. The lowest BCUT2D eigenvalue weighted by molar-refractivity contribution is 0.543. The number of nitrogens with two attached hydrogens (primary N) is 1. The average molecular weight is 280 g/mol. The highest BCUT2D eigenvalue weighted by Crippen LogP contribution is 2.29. The Hall–Kier alpha value is -0.410. The number of aromatic nitrogens is 1. The predicted molar refractivity (Wildman–Crippen MR) is 83.7 cm³/mol. The van der Waals surface area contributed by atoms with Gasteiger partial charge in [-0.25, -0.2) is 4.98 Å². The van der Waals surface area contributed by atoms with Crippen molar-refractivity contribution >= 4 is 11.3 Å². The van der Waals surface area contributed by atoms with E-state index in [1.807, 2.05) is 11.3 Å². The molecular weight excluding hydrogens is 252 g/mol. The van der Waals surface area contributed by atoms with Gasteiger partial charge in [0.05, 0.1) is 11.2 Å². The highest BCUT2D eigenvalue weighted by molar-refractivity contribution is 7.11. The first-order chi connectivity index (χ1) is 9.07. The molecule has 2 N–H and O–H groups in total. The van der Waals surface area contributed by atoms with Crippen molar-refractivity contribution in [1.29, 1.82) is 0 Å². The lowest BCUT2D eigenvalue weighted by Crippen LogP contribution is -2.28. The van der Waals surface area contributed by atoms with Gasteiger partial charge in [-0.05, 0) is 39.5 Å². The summed E-state index contributed by atoms with van der Waals surface area (Å²) in [6, 6.07) is 0. The van der Waals surface area contributed by atoms with Crippen LogP contribution in [0.4, 0.5) is 0 Å². The molecule has 2 rings (SSSR count). The normalized spacial score (nSPS) is 19.3. The van der Waals surface area contributed by atoms with E-state index in [0.717, 1.165) is 11.4 Å². The number of aryl methyl sites for hydroxylation is 2. The van der Waals surface area contributed by atoms with Crippen LogP contribution in [0, 0.1) is 0 Å². The summed E-state index contributed by atoms with van der Waals surface area (Å²) in [7, 11) is 0. The van der Waals surface area contributed by atoms with Gasteiger partial charge in [0.2, 0.25) is 0 Å². The fraction of sp³-hybridized carbons (Fsp3) is 0.812. The van der Waals surface area contributed by atoms with Crippen molar-refractivity contribution in [3.63, 3.8) is 0 Å². The van der Waals surface area contributed by atoms with Gasteiger partial charge in [-0.1, -0.05) is 38.5 Å². The van der Waals surface area contributed by atoms with E-state index in [1.54, 1.807) is 0 Å². The van der Waals surface area contributed by atoms with Gasteiger partial charge in [0.1, 0.15) is 5.01 Å². The molecule has 1 heterocycles. The molecule has 0 spiro atoms. The molecule has 0 atom stereocenters. The van der Waals surface area contributed by atoms with Gasteiger partial charge in [0, 0.05) is 4.88 Å². The van der Waals surface area contributed by atoms with Crippen LogP contribution in [0.25, 0.3) is 0 Å². The van der Waals surface area contributed by atoms with E-state index in [1.165, 1.54) is 68.4 Å². The van der Waals surface area contributed by atoms with Gasteiger partial charge >= 0.3 is 0 Å². The first kappa shape index (κ1) is 15.0. The van der Waals surface area contributed by atoms with E-state index in [0.29, 0.717) is 0 Å². The Labute approximate surface area is 121 Å². The van der Waals surface area contributed by atoms with E-state index in [9.17, 15) is 0 Å².